The van der Waals surface area contributed by atoms with E-state index in [2.05, 4.69) is 27.7 Å². The minimum Gasteiger partial charge on any atom is -0.468 e. The molecule has 2 nitrogen and oxygen atoms in total. The van der Waals surface area contributed by atoms with Crippen LogP contribution in [0.5, 0.6) is 0 Å². The summed E-state index contributed by atoms with van der Waals surface area (Å²) >= 11 is 0. The number of furan rings is 1. The molecular formula is C20H28O2. The van der Waals surface area contributed by atoms with Gasteiger partial charge in [-0.15, -0.1) is 0 Å². The third-order valence-corrected chi connectivity index (χ3v) is 7.67. The van der Waals surface area contributed by atoms with Gasteiger partial charge in [0.1, 0.15) is 5.76 Å². The molecule has 0 aliphatic heterocycles. The lowest BCUT2D eigenvalue weighted by Crippen LogP contribution is -2.58. The van der Waals surface area contributed by atoms with Gasteiger partial charge in [0.2, 0.25) is 0 Å². The molecule has 3 aliphatic rings. The molecule has 22 heavy (non-hydrogen) atoms. The second-order valence-corrected chi connectivity index (χ2v) is 9.20. The molecule has 0 spiro atoms. The van der Waals surface area contributed by atoms with E-state index in [0.29, 0.717) is 23.5 Å². The van der Waals surface area contributed by atoms with Crippen molar-refractivity contribution >= 4 is 5.78 Å². The lowest BCUT2D eigenvalue weighted by molar-refractivity contribution is -0.110. The first kappa shape index (κ1) is 14.5. The fourth-order valence-electron chi connectivity index (χ4n) is 6.65. The lowest BCUT2D eigenvalue weighted by atomic mass is 9.41. The van der Waals surface area contributed by atoms with Crippen LogP contribution in [0.1, 0.15) is 82.3 Å². The highest BCUT2D eigenvalue weighted by atomic mass is 16.3. The summed E-state index contributed by atoms with van der Waals surface area (Å²) < 4.78 is 5.85. The summed E-state index contributed by atoms with van der Waals surface area (Å²) in [5.41, 5.74) is 1.58. The Kier molecular flexibility index (Phi) is 2.82. The van der Waals surface area contributed by atoms with Crippen molar-refractivity contribution in [2.75, 3.05) is 0 Å². The van der Waals surface area contributed by atoms with Crippen molar-refractivity contribution in [2.45, 2.75) is 71.6 Å². The van der Waals surface area contributed by atoms with Crippen LogP contribution >= 0.6 is 0 Å². The molecule has 120 valence electrons. The summed E-state index contributed by atoms with van der Waals surface area (Å²) in [5, 5.41) is 0. The van der Waals surface area contributed by atoms with Crippen LogP contribution in [0.4, 0.5) is 0 Å². The summed E-state index contributed by atoms with van der Waals surface area (Å²) in [4.78, 5) is 12.7. The van der Waals surface area contributed by atoms with Gasteiger partial charge in [-0.2, -0.15) is 0 Å². The minimum absolute atomic E-state index is 0.0470. The van der Waals surface area contributed by atoms with Crippen molar-refractivity contribution in [3.05, 3.63) is 23.7 Å². The van der Waals surface area contributed by atoms with Crippen molar-refractivity contribution in [1.82, 2.24) is 0 Å². The normalized spacial score (nSPS) is 43.2. The number of Topliss-reactive ketones (excluding diaryl/α,β-unsaturated/α-hetero) is 1. The summed E-state index contributed by atoms with van der Waals surface area (Å²) in [6, 6.07) is 1.89. The van der Waals surface area contributed by atoms with Crippen molar-refractivity contribution in [3.63, 3.8) is 0 Å². The summed E-state index contributed by atoms with van der Waals surface area (Å²) in [5.74, 6) is 2.45. The molecule has 0 radical (unpaired) electrons. The van der Waals surface area contributed by atoms with E-state index in [1.54, 1.807) is 6.26 Å². The predicted molar refractivity (Wildman–Crippen MR) is 87.0 cm³/mol. The molecule has 0 amide bonds. The molecule has 0 aromatic carbocycles. The van der Waals surface area contributed by atoms with E-state index in [-0.39, 0.29) is 10.8 Å². The van der Waals surface area contributed by atoms with Gasteiger partial charge in [-0.3, -0.25) is 4.79 Å². The number of hydrogen-bond donors (Lipinski definition) is 0. The highest BCUT2D eigenvalue weighted by Crippen LogP contribution is 2.66. The fourth-order valence-corrected chi connectivity index (χ4v) is 6.65. The molecule has 2 heteroatoms. The molecule has 0 bridgehead atoms. The Bertz CT molecular complexity index is 625. The zero-order valence-electron chi connectivity index (χ0n) is 14.4. The molecule has 1 aromatic rings. The van der Waals surface area contributed by atoms with Gasteiger partial charge < -0.3 is 4.42 Å². The van der Waals surface area contributed by atoms with E-state index < -0.39 is 0 Å². The van der Waals surface area contributed by atoms with Crippen LogP contribution in [-0.2, 0) is 5.41 Å². The van der Waals surface area contributed by atoms with Crippen LogP contribution in [0.2, 0.25) is 0 Å². The van der Waals surface area contributed by atoms with Gasteiger partial charge in [0.25, 0.3) is 0 Å². The van der Waals surface area contributed by atoms with Gasteiger partial charge in [-0.1, -0.05) is 34.1 Å². The van der Waals surface area contributed by atoms with E-state index in [9.17, 15) is 4.79 Å². The molecule has 2 saturated carbocycles. The number of hydrogen-bond acceptors (Lipinski definition) is 2. The van der Waals surface area contributed by atoms with Gasteiger partial charge in [0, 0.05) is 11.8 Å². The largest absolute Gasteiger partial charge is 0.468 e. The Morgan fingerprint density at radius 1 is 1.09 bits per heavy atom. The molecule has 1 aromatic heterocycles. The molecule has 0 saturated heterocycles. The molecule has 1 heterocycles. The van der Waals surface area contributed by atoms with Gasteiger partial charge in [0.15, 0.2) is 5.78 Å². The fraction of sp³-hybridized carbons (Fsp3) is 0.750. The maximum atomic E-state index is 12.7. The number of carbonyl (C=O) groups is 1. The number of carbonyl (C=O) groups excluding carboxylic acids is 1. The Labute approximate surface area is 133 Å². The molecule has 2 fully saturated rings. The average molecular weight is 300 g/mol. The molecule has 4 atom stereocenters. The standard InChI is InChI=1S/C20H28O2/c1-18(2)8-5-9-19(3)15(18)6-10-20(4)16(19)12-14(21)13-7-11-22-17(13)20/h7,11,15-16H,5-6,8-10,12H2,1-4H3/t15?,16?,19-,20+/m0/s1. The number of rotatable bonds is 0. The Balaban J connectivity index is 1.84. The second kappa shape index (κ2) is 4.27. The van der Waals surface area contributed by atoms with Gasteiger partial charge in [-0.05, 0) is 54.4 Å². The SMILES string of the molecule is CC1(C)CCC[C@@]2(C)C1CC[C@@]1(C)c3occc3C(=O)CC21. The number of ketones is 1. The Morgan fingerprint density at radius 2 is 1.86 bits per heavy atom. The van der Waals surface area contributed by atoms with Crippen molar-refractivity contribution < 1.29 is 9.21 Å². The molecule has 0 N–H and O–H groups in total. The summed E-state index contributed by atoms with van der Waals surface area (Å²) in [7, 11) is 0. The van der Waals surface area contributed by atoms with E-state index in [0.717, 1.165) is 23.7 Å². The van der Waals surface area contributed by atoms with E-state index >= 15 is 0 Å². The van der Waals surface area contributed by atoms with Crippen LogP contribution in [0.25, 0.3) is 0 Å². The maximum absolute atomic E-state index is 12.7. The Morgan fingerprint density at radius 3 is 2.64 bits per heavy atom. The molecular weight excluding hydrogens is 272 g/mol. The van der Waals surface area contributed by atoms with E-state index in [1.807, 2.05) is 6.07 Å². The average Bonchev–Trinajstić information content (AvgIpc) is 2.91. The zero-order chi connectivity index (χ0) is 15.8. The van der Waals surface area contributed by atoms with Gasteiger partial charge >= 0.3 is 0 Å². The zero-order valence-corrected chi connectivity index (χ0v) is 14.4. The first-order chi connectivity index (χ1) is 10.3. The van der Waals surface area contributed by atoms with Crippen LogP contribution < -0.4 is 0 Å². The van der Waals surface area contributed by atoms with Gasteiger partial charge in [-0.25, -0.2) is 0 Å². The first-order valence-electron chi connectivity index (χ1n) is 8.90. The smallest absolute Gasteiger partial charge is 0.166 e. The third kappa shape index (κ3) is 1.64. The quantitative estimate of drug-likeness (QED) is 0.645. The highest BCUT2D eigenvalue weighted by molar-refractivity contribution is 5.98. The third-order valence-electron chi connectivity index (χ3n) is 7.67. The lowest BCUT2D eigenvalue weighted by Gasteiger charge is -2.63. The molecule has 2 unspecified atom stereocenters. The minimum atomic E-state index is 0.0470. The second-order valence-electron chi connectivity index (χ2n) is 9.20. The van der Waals surface area contributed by atoms with Crippen LogP contribution in [0.15, 0.2) is 16.7 Å². The predicted octanol–water partition coefficient (Wildman–Crippen LogP) is 5.37. The molecule has 4 rings (SSSR count). The van der Waals surface area contributed by atoms with Crippen molar-refractivity contribution in [3.8, 4) is 0 Å². The summed E-state index contributed by atoms with van der Waals surface area (Å²) in [6.07, 6.45) is 8.76. The number of fused-ring (bicyclic) bond motifs is 5. The highest BCUT2D eigenvalue weighted by Gasteiger charge is 2.61. The maximum Gasteiger partial charge on any atom is 0.166 e. The van der Waals surface area contributed by atoms with Crippen LogP contribution in [0.3, 0.4) is 0 Å². The van der Waals surface area contributed by atoms with Crippen LogP contribution in [0, 0.1) is 22.7 Å². The summed E-state index contributed by atoms with van der Waals surface area (Å²) in [6.45, 7) is 9.72. The van der Waals surface area contributed by atoms with E-state index in [4.69, 9.17) is 4.42 Å². The monoisotopic (exact) mass is 300 g/mol. The topological polar surface area (TPSA) is 30.2 Å². The first-order valence-corrected chi connectivity index (χ1v) is 8.90. The Hall–Kier alpha value is -1.05. The van der Waals surface area contributed by atoms with Gasteiger partial charge in [0.05, 0.1) is 11.8 Å². The molecule has 3 aliphatic carbocycles. The van der Waals surface area contributed by atoms with Crippen LogP contribution in [-0.4, -0.2) is 5.78 Å². The van der Waals surface area contributed by atoms with E-state index in [1.165, 1.54) is 25.7 Å². The van der Waals surface area contributed by atoms with Crippen molar-refractivity contribution in [1.29, 1.82) is 0 Å². The van der Waals surface area contributed by atoms with Crippen molar-refractivity contribution in [2.24, 2.45) is 22.7 Å².